The number of aromatic nitrogens is 2. The highest BCUT2D eigenvalue weighted by molar-refractivity contribution is 14.0. The molecule has 7 nitrogen and oxygen atoms in total. The number of nitrogens with one attached hydrogen (secondary N) is 2. The lowest BCUT2D eigenvalue weighted by molar-refractivity contribution is 0.0616. The van der Waals surface area contributed by atoms with Gasteiger partial charge in [-0.15, -0.1) is 24.0 Å². The average Bonchev–Trinajstić information content (AvgIpc) is 3.10. The first-order chi connectivity index (χ1) is 13.3. The molecular weight excluding hydrogens is 481 g/mol. The number of guanidine groups is 1. The van der Waals surface area contributed by atoms with E-state index in [1.807, 2.05) is 40.1 Å². The van der Waals surface area contributed by atoms with Crippen LogP contribution >= 0.6 is 24.0 Å². The monoisotopic (exact) mass is 515 g/mol. The van der Waals surface area contributed by atoms with Crippen LogP contribution in [0.25, 0.3) is 0 Å². The fourth-order valence-electron chi connectivity index (χ4n) is 2.65. The van der Waals surface area contributed by atoms with Crippen molar-refractivity contribution in [3.63, 3.8) is 0 Å². The lowest BCUT2D eigenvalue weighted by atomic mass is 10.00. The fraction of sp³-hybridized carbons (Fsp3) is 0.524. The molecule has 162 valence electrons. The van der Waals surface area contributed by atoms with E-state index in [1.165, 1.54) is 0 Å². The number of hydrogen-bond acceptors (Lipinski definition) is 4. The molecule has 29 heavy (non-hydrogen) atoms. The molecule has 0 aliphatic carbocycles. The number of halogens is 1. The summed E-state index contributed by atoms with van der Waals surface area (Å²) in [6.45, 7) is 10.0. The van der Waals surface area contributed by atoms with Gasteiger partial charge in [0.2, 0.25) is 0 Å². The number of aryl methyl sites for hydroxylation is 1. The van der Waals surface area contributed by atoms with Crippen molar-refractivity contribution in [1.29, 1.82) is 0 Å². The van der Waals surface area contributed by atoms with Crippen LogP contribution in [0.3, 0.4) is 0 Å². The van der Waals surface area contributed by atoms with E-state index in [2.05, 4.69) is 38.9 Å². The molecular formula is C21H34IN5O2. The maximum absolute atomic E-state index is 10.7. The van der Waals surface area contributed by atoms with Crippen LogP contribution in [0.4, 0.5) is 0 Å². The number of benzene rings is 1. The van der Waals surface area contributed by atoms with Gasteiger partial charge in [-0.1, -0.05) is 24.3 Å². The third kappa shape index (κ3) is 8.71. The third-order valence-electron chi connectivity index (χ3n) is 4.27. The van der Waals surface area contributed by atoms with E-state index < -0.39 is 5.60 Å². The summed E-state index contributed by atoms with van der Waals surface area (Å²) < 4.78 is 7.35. The second-order valence-electron chi connectivity index (χ2n) is 7.40. The van der Waals surface area contributed by atoms with E-state index >= 15 is 0 Å². The summed E-state index contributed by atoms with van der Waals surface area (Å²) in [6.07, 6.45) is 3.70. The molecule has 3 N–H and O–H groups in total. The number of aliphatic imine (C=N–C) groups is 1. The van der Waals surface area contributed by atoms with E-state index in [4.69, 9.17) is 4.74 Å². The van der Waals surface area contributed by atoms with Crippen molar-refractivity contribution in [3.8, 4) is 0 Å². The van der Waals surface area contributed by atoms with Crippen molar-refractivity contribution in [1.82, 2.24) is 20.4 Å². The van der Waals surface area contributed by atoms with Gasteiger partial charge < -0.3 is 20.5 Å². The minimum atomic E-state index is -1.04. The third-order valence-corrected chi connectivity index (χ3v) is 4.27. The van der Waals surface area contributed by atoms with Crippen molar-refractivity contribution < 1.29 is 9.84 Å². The SMILES string of the molecule is CCNC(=NCc1cccc(COC(C)C)c1)NCC(C)(O)c1cnn(C)c1.I. The lowest BCUT2D eigenvalue weighted by Crippen LogP contribution is -2.44. The molecule has 2 rings (SSSR count). The molecule has 1 atom stereocenters. The molecule has 0 fully saturated rings. The summed E-state index contributed by atoms with van der Waals surface area (Å²) in [5.41, 5.74) is 1.97. The van der Waals surface area contributed by atoms with Crippen molar-refractivity contribution >= 4 is 29.9 Å². The van der Waals surface area contributed by atoms with Crippen LogP contribution in [-0.2, 0) is 30.5 Å². The van der Waals surface area contributed by atoms with Gasteiger partial charge in [0.05, 0.1) is 32.0 Å². The van der Waals surface area contributed by atoms with Gasteiger partial charge in [-0.05, 0) is 38.8 Å². The molecule has 0 saturated carbocycles. The van der Waals surface area contributed by atoms with Gasteiger partial charge in [0.25, 0.3) is 0 Å². The molecule has 8 heteroatoms. The predicted molar refractivity (Wildman–Crippen MR) is 127 cm³/mol. The Morgan fingerprint density at radius 3 is 2.66 bits per heavy atom. The Kier molecular flexibility index (Phi) is 10.6. The van der Waals surface area contributed by atoms with E-state index in [-0.39, 0.29) is 30.1 Å². The van der Waals surface area contributed by atoms with Crippen LogP contribution < -0.4 is 10.6 Å². The van der Waals surface area contributed by atoms with Crippen molar-refractivity contribution in [2.45, 2.75) is 52.6 Å². The lowest BCUT2D eigenvalue weighted by Gasteiger charge is -2.23. The first kappa shape index (κ1) is 25.4. The van der Waals surface area contributed by atoms with Gasteiger partial charge >= 0.3 is 0 Å². The fourth-order valence-corrected chi connectivity index (χ4v) is 2.65. The zero-order chi connectivity index (χ0) is 20.6. The minimum absolute atomic E-state index is 0. The number of ether oxygens (including phenoxy) is 1. The van der Waals surface area contributed by atoms with Gasteiger partial charge in [-0.3, -0.25) is 4.68 Å². The maximum Gasteiger partial charge on any atom is 0.191 e. The quantitative estimate of drug-likeness (QED) is 0.272. The van der Waals surface area contributed by atoms with Gasteiger partial charge in [0.1, 0.15) is 5.60 Å². The first-order valence-corrected chi connectivity index (χ1v) is 9.73. The molecule has 1 unspecified atom stereocenters. The Bertz CT molecular complexity index is 774. The van der Waals surface area contributed by atoms with Crippen LogP contribution in [0.15, 0.2) is 41.7 Å². The number of aliphatic hydroxyl groups is 1. The average molecular weight is 515 g/mol. The second-order valence-corrected chi connectivity index (χ2v) is 7.40. The molecule has 0 saturated heterocycles. The molecule has 0 radical (unpaired) electrons. The summed E-state index contributed by atoms with van der Waals surface area (Å²) >= 11 is 0. The Morgan fingerprint density at radius 1 is 1.31 bits per heavy atom. The van der Waals surface area contributed by atoms with Crippen molar-refractivity contribution in [2.24, 2.45) is 12.0 Å². The van der Waals surface area contributed by atoms with E-state index in [0.717, 1.165) is 23.2 Å². The van der Waals surface area contributed by atoms with Crippen LogP contribution in [0.5, 0.6) is 0 Å². The van der Waals surface area contributed by atoms with Gasteiger partial charge in [0.15, 0.2) is 5.96 Å². The van der Waals surface area contributed by atoms with Gasteiger partial charge in [-0.2, -0.15) is 5.10 Å². The summed E-state index contributed by atoms with van der Waals surface area (Å²) in [6, 6.07) is 8.25. The topological polar surface area (TPSA) is 83.7 Å². The minimum Gasteiger partial charge on any atom is -0.383 e. The smallest absolute Gasteiger partial charge is 0.191 e. The molecule has 1 aromatic heterocycles. The Balaban J connectivity index is 0.00000420. The number of nitrogens with zero attached hydrogens (tertiary/aromatic N) is 3. The summed E-state index contributed by atoms with van der Waals surface area (Å²) in [7, 11) is 1.83. The summed E-state index contributed by atoms with van der Waals surface area (Å²) in [5.74, 6) is 0.662. The molecule has 0 aliphatic heterocycles. The molecule has 1 heterocycles. The molecule has 0 bridgehead atoms. The van der Waals surface area contributed by atoms with E-state index in [9.17, 15) is 5.11 Å². The van der Waals surface area contributed by atoms with Crippen molar-refractivity contribution in [2.75, 3.05) is 13.1 Å². The zero-order valence-corrected chi connectivity index (χ0v) is 20.3. The maximum atomic E-state index is 10.7. The summed E-state index contributed by atoms with van der Waals surface area (Å²) in [5, 5.41) is 21.3. The Morgan fingerprint density at radius 2 is 2.03 bits per heavy atom. The summed E-state index contributed by atoms with van der Waals surface area (Å²) in [4.78, 5) is 4.64. The van der Waals surface area contributed by atoms with E-state index in [1.54, 1.807) is 17.8 Å². The normalized spacial score (nSPS) is 13.7. The van der Waals surface area contributed by atoms with Crippen LogP contribution in [-0.4, -0.2) is 40.0 Å². The highest BCUT2D eigenvalue weighted by Crippen LogP contribution is 2.18. The van der Waals surface area contributed by atoms with Crippen molar-refractivity contribution in [3.05, 3.63) is 53.3 Å². The highest BCUT2D eigenvalue weighted by Gasteiger charge is 2.24. The largest absolute Gasteiger partial charge is 0.383 e. The van der Waals surface area contributed by atoms with Crippen LogP contribution in [0, 0.1) is 0 Å². The van der Waals surface area contributed by atoms with Gasteiger partial charge in [0, 0.05) is 25.4 Å². The van der Waals surface area contributed by atoms with Crippen LogP contribution in [0.1, 0.15) is 44.4 Å². The number of rotatable bonds is 9. The molecule has 0 amide bonds. The van der Waals surface area contributed by atoms with E-state index in [0.29, 0.717) is 25.7 Å². The zero-order valence-electron chi connectivity index (χ0n) is 18.0. The highest BCUT2D eigenvalue weighted by atomic mass is 127. The second kappa shape index (κ2) is 12.1. The Hall–Kier alpha value is -1.65. The standard InChI is InChI=1S/C21H33N5O2.HI/c1-6-22-20(24-15-21(4,27)19-12-25-26(5)13-19)23-11-17-8-7-9-18(10-17)14-28-16(2)3;/h7-10,12-13,16,27H,6,11,14-15H2,1-5H3,(H2,22,23,24);1H. The number of hydrogen-bond donors (Lipinski definition) is 3. The Labute approximate surface area is 191 Å². The first-order valence-electron chi connectivity index (χ1n) is 9.73. The molecule has 1 aromatic carbocycles. The predicted octanol–water partition coefficient (Wildman–Crippen LogP) is 2.93. The molecule has 0 spiro atoms. The van der Waals surface area contributed by atoms with Crippen LogP contribution in [0.2, 0.25) is 0 Å². The van der Waals surface area contributed by atoms with Gasteiger partial charge in [-0.25, -0.2) is 4.99 Å². The molecule has 2 aromatic rings. The molecule has 0 aliphatic rings.